The van der Waals surface area contributed by atoms with Crippen LogP contribution in [0.25, 0.3) is 21.5 Å². The van der Waals surface area contributed by atoms with Gasteiger partial charge in [-0.05, 0) is 65.6 Å². The Hall–Kier alpha value is -5.96. The van der Waals surface area contributed by atoms with Gasteiger partial charge in [0.25, 0.3) is 21.7 Å². The van der Waals surface area contributed by atoms with Gasteiger partial charge < -0.3 is 14.7 Å². The Labute approximate surface area is 271 Å². The van der Waals surface area contributed by atoms with Crippen LogP contribution >= 0.6 is 0 Å². The van der Waals surface area contributed by atoms with Crippen LogP contribution in [0.3, 0.4) is 0 Å². The molecule has 6 rings (SSSR count). The lowest BCUT2D eigenvalue weighted by Crippen LogP contribution is -2.25. The van der Waals surface area contributed by atoms with E-state index < -0.39 is 27.7 Å². The first-order valence-corrected chi connectivity index (χ1v) is 16.1. The minimum Gasteiger partial charge on any atom is -0.478 e. The number of aromatic carboxylic acids is 1. The molecule has 0 spiro atoms. The molecule has 2 N–H and O–H groups in total. The largest absolute Gasteiger partial charge is 0.478 e. The maximum Gasteiger partial charge on any atom is 0.335 e. The summed E-state index contributed by atoms with van der Waals surface area (Å²) < 4.78 is 38.7. The highest BCUT2D eigenvalue weighted by Crippen LogP contribution is 2.43. The van der Waals surface area contributed by atoms with Gasteiger partial charge in [0.1, 0.15) is 0 Å². The summed E-state index contributed by atoms with van der Waals surface area (Å²) in [6, 6.07) is 30.2. The van der Waals surface area contributed by atoms with Crippen LogP contribution in [0.15, 0.2) is 133 Å². The standard InChI is InChI=1S/C36H27N3O7S/c1-37-34-33(25-11-6-3-7-12-25)29(39(35(34)40)28-16-13-26(14-17-28)36(41)42)18-20-32-38(21-8-22-47(43,44)45)30-23-27(15-19-31(30)46-32)24-9-4-2-5-10-24/h2-7,9-20,23H,8,21-22H2,(H,41,42)(H,43,44,45)/b29-18-,32-20+. The highest BCUT2D eigenvalue weighted by Gasteiger charge is 2.37. The first-order valence-electron chi connectivity index (χ1n) is 14.5. The van der Waals surface area contributed by atoms with E-state index >= 15 is 0 Å². The molecule has 0 fully saturated rings. The van der Waals surface area contributed by atoms with Gasteiger partial charge in [0.05, 0.1) is 23.6 Å². The third kappa shape index (κ3) is 6.41. The number of amides is 1. The number of allylic oxidation sites excluding steroid dienone is 3. The van der Waals surface area contributed by atoms with Gasteiger partial charge >= 0.3 is 5.97 Å². The molecule has 10 nitrogen and oxygen atoms in total. The van der Waals surface area contributed by atoms with Crippen molar-refractivity contribution in [1.82, 2.24) is 0 Å². The topological polar surface area (TPSA) is 129 Å². The molecular weight excluding hydrogens is 618 g/mol. The lowest BCUT2D eigenvalue weighted by atomic mass is 10.0. The zero-order chi connectivity index (χ0) is 33.1. The molecule has 4 aromatic carbocycles. The van der Waals surface area contributed by atoms with Crippen molar-refractivity contribution in [1.29, 1.82) is 0 Å². The van der Waals surface area contributed by atoms with E-state index in [0.717, 1.165) is 11.1 Å². The third-order valence-corrected chi connectivity index (χ3v) is 8.50. The molecule has 2 aliphatic heterocycles. The van der Waals surface area contributed by atoms with Gasteiger partial charge in [-0.15, -0.1) is 0 Å². The molecular formula is C36H27N3O7S. The van der Waals surface area contributed by atoms with Crippen LogP contribution in [-0.2, 0) is 14.9 Å². The minimum atomic E-state index is -4.20. The van der Waals surface area contributed by atoms with Crippen LogP contribution in [0.1, 0.15) is 22.3 Å². The number of carboxylic acids is 1. The van der Waals surface area contributed by atoms with Crippen LogP contribution < -0.4 is 14.5 Å². The Bertz CT molecular complexity index is 2120. The number of ether oxygens (including phenoxy) is 1. The van der Waals surface area contributed by atoms with Crippen molar-refractivity contribution in [2.24, 2.45) is 0 Å². The molecule has 2 heterocycles. The SMILES string of the molecule is [C-]#[N+]C1=C(c2ccccc2)/C(=C/C=C2/Oc3ccc(-c4ccccc4)cc3N2CCCS(=O)(=O)O)N(c2ccc(C(=O)O)cc2)C1=O. The second-order valence-electron chi connectivity index (χ2n) is 10.7. The summed E-state index contributed by atoms with van der Waals surface area (Å²) in [6.07, 6.45) is 3.40. The summed E-state index contributed by atoms with van der Waals surface area (Å²) in [5.41, 5.74) is 4.29. The van der Waals surface area contributed by atoms with Crippen LogP contribution in [0.2, 0.25) is 0 Å². The minimum absolute atomic E-state index is 0.0437. The molecule has 0 atom stereocenters. The van der Waals surface area contributed by atoms with Crippen molar-refractivity contribution in [3.63, 3.8) is 0 Å². The molecule has 0 saturated carbocycles. The summed E-state index contributed by atoms with van der Waals surface area (Å²) in [4.78, 5) is 32.0. The molecule has 234 valence electrons. The van der Waals surface area contributed by atoms with E-state index in [1.54, 1.807) is 41.3 Å². The quantitative estimate of drug-likeness (QED) is 0.153. The zero-order valence-electron chi connectivity index (χ0n) is 24.8. The van der Waals surface area contributed by atoms with Crippen molar-refractivity contribution in [3.05, 3.63) is 155 Å². The second-order valence-corrected chi connectivity index (χ2v) is 12.3. The molecule has 0 aromatic heterocycles. The number of hydrogen-bond acceptors (Lipinski definition) is 6. The monoisotopic (exact) mass is 645 g/mol. The lowest BCUT2D eigenvalue weighted by Gasteiger charge is -2.22. The summed E-state index contributed by atoms with van der Waals surface area (Å²) in [6.45, 7) is 8.06. The highest BCUT2D eigenvalue weighted by molar-refractivity contribution is 7.85. The lowest BCUT2D eigenvalue weighted by molar-refractivity contribution is -0.114. The van der Waals surface area contributed by atoms with E-state index in [-0.39, 0.29) is 24.2 Å². The number of carbonyl (C=O) groups excluding carboxylic acids is 1. The van der Waals surface area contributed by atoms with Crippen molar-refractivity contribution >= 4 is 38.9 Å². The first-order chi connectivity index (χ1) is 22.6. The molecule has 11 heteroatoms. The fraction of sp³-hybridized carbons (Fsp3) is 0.0833. The molecule has 47 heavy (non-hydrogen) atoms. The van der Waals surface area contributed by atoms with Crippen molar-refractivity contribution in [2.45, 2.75) is 6.42 Å². The van der Waals surface area contributed by atoms with E-state index in [9.17, 15) is 27.7 Å². The summed E-state index contributed by atoms with van der Waals surface area (Å²) in [7, 11) is -4.20. The maximum atomic E-state index is 13.8. The number of carbonyl (C=O) groups is 2. The van der Waals surface area contributed by atoms with Gasteiger partial charge in [0, 0.05) is 29.6 Å². The second kappa shape index (κ2) is 12.8. The number of rotatable bonds is 9. The van der Waals surface area contributed by atoms with Gasteiger partial charge in [0.15, 0.2) is 5.75 Å². The van der Waals surface area contributed by atoms with Gasteiger partial charge in [0.2, 0.25) is 5.88 Å². The Balaban J connectivity index is 1.46. The fourth-order valence-corrected chi connectivity index (χ4v) is 6.03. The predicted molar refractivity (Wildman–Crippen MR) is 178 cm³/mol. The number of fused-ring (bicyclic) bond motifs is 1. The average molecular weight is 646 g/mol. The number of hydrogen-bond donors (Lipinski definition) is 2. The molecule has 1 amide bonds. The van der Waals surface area contributed by atoms with Crippen molar-refractivity contribution < 1.29 is 32.4 Å². The molecule has 0 radical (unpaired) electrons. The average Bonchev–Trinajstić information content (AvgIpc) is 3.56. The summed E-state index contributed by atoms with van der Waals surface area (Å²) >= 11 is 0. The van der Waals surface area contributed by atoms with E-state index in [0.29, 0.717) is 39.8 Å². The van der Waals surface area contributed by atoms with Gasteiger partial charge in [-0.1, -0.05) is 66.7 Å². The van der Waals surface area contributed by atoms with Crippen LogP contribution in [0, 0.1) is 6.57 Å². The van der Waals surface area contributed by atoms with Crippen molar-refractivity contribution in [3.8, 4) is 16.9 Å². The van der Waals surface area contributed by atoms with E-state index in [4.69, 9.17) is 11.3 Å². The molecule has 4 aromatic rings. The van der Waals surface area contributed by atoms with Crippen molar-refractivity contribution in [2.75, 3.05) is 22.1 Å². The van der Waals surface area contributed by atoms with Gasteiger partial charge in [-0.3, -0.25) is 14.2 Å². The summed E-state index contributed by atoms with van der Waals surface area (Å²) in [5.74, 6) is -1.26. The van der Waals surface area contributed by atoms with E-state index in [2.05, 4.69) is 4.85 Å². The Morgan fingerprint density at radius 2 is 1.53 bits per heavy atom. The van der Waals surface area contributed by atoms with Gasteiger partial charge in [-0.2, -0.15) is 8.42 Å². The number of anilines is 2. The Morgan fingerprint density at radius 3 is 2.15 bits per heavy atom. The third-order valence-electron chi connectivity index (χ3n) is 7.69. The maximum absolute atomic E-state index is 13.8. The Morgan fingerprint density at radius 1 is 0.872 bits per heavy atom. The highest BCUT2D eigenvalue weighted by atomic mass is 32.2. The molecule has 0 saturated heterocycles. The smallest absolute Gasteiger partial charge is 0.335 e. The van der Waals surface area contributed by atoms with Crippen LogP contribution in [-0.4, -0.2) is 42.3 Å². The predicted octanol–water partition coefficient (Wildman–Crippen LogP) is 6.63. The fourth-order valence-electron chi connectivity index (χ4n) is 5.54. The first kappa shape index (κ1) is 31.0. The van der Waals surface area contributed by atoms with Crippen LogP contribution in [0.5, 0.6) is 5.75 Å². The normalized spacial score (nSPS) is 16.0. The Kier molecular flexibility index (Phi) is 8.46. The number of carboxylic acid groups (broad SMARTS) is 1. The van der Waals surface area contributed by atoms with E-state index in [1.165, 1.54) is 29.2 Å². The molecule has 0 unspecified atom stereocenters. The molecule has 2 aliphatic rings. The van der Waals surface area contributed by atoms with E-state index in [1.807, 2.05) is 54.6 Å². The van der Waals surface area contributed by atoms with Crippen LogP contribution in [0.4, 0.5) is 11.4 Å². The van der Waals surface area contributed by atoms with Gasteiger partial charge in [-0.25, -0.2) is 9.64 Å². The molecule has 0 aliphatic carbocycles. The zero-order valence-corrected chi connectivity index (χ0v) is 25.6. The molecule has 0 bridgehead atoms. The number of nitrogens with zero attached hydrogens (tertiary/aromatic N) is 3. The number of benzene rings is 4. The summed E-state index contributed by atoms with van der Waals surface area (Å²) in [5, 5.41) is 9.40.